The molecule has 2 aliphatic heterocycles. The van der Waals surface area contributed by atoms with Crippen LogP contribution in [0, 0.1) is 0 Å². The van der Waals surface area contributed by atoms with Crippen LogP contribution in [0.3, 0.4) is 0 Å². The summed E-state index contributed by atoms with van der Waals surface area (Å²) in [5, 5.41) is 28.2. The molecule has 0 aliphatic carbocycles. The summed E-state index contributed by atoms with van der Waals surface area (Å²) in [7, 11) is 3.92. The van der Waals surface area contributed by atoms with Crippen LogP contribution in [0.2, 0.25) is 0 Å². The van der Waals surface area contributed by atoms with E-state index in [4.69, 9.17) is 50.2 Å². The van der Waals surface area contributed by atoms with Crippen molar-refractivity contribution in [3.8, 4) is 0 Å². The number of nitrogens with one attached hydrogen (secondary N) is 2. The molecule has 28 heteroatoms. The first-order chi connectivity index (χ1) is 45.5. The van der Waals surface area contributed by atoms with Gasteiger partial charge >= 0.3 is 78.4 Å². The van der Waals surface area contributed by atoms with E-state index in [1.165, 1.54) is 0 Å². The third kappa shape index (κ3) is 19.1. The molecule has 0 radical (unpaired) electrons. The molecule has 0 saturated carbocycles. The van der Waals surface area contributed by atoms with Crippen LogP contribution in [0.25, 0.3) is 11.4 Å². The molecule has 4 aromatic carbocycles. The fraction of sp³-hybridized carbons (Fsp3) is 0.303. The molecule has 2 aromatic heterocycles. The lowest BCUT2D eigenvalue weighted by molar-refractivity contribution is 0.0178. The molecule has 0 spiro atoms. The predicted octanol–water partition coefficient (Wildman–Crippen LogP) is 5.94. The normalized spacial score (nSPS) is 12.7. The second kappa shape index (κ2) is 36.6. The van der Waals surface area contributed by atoms with Crippen LogP contribution < -0.4 is 40.3 Å². The van der Waals surface area contributed by atoms with Gasteiger partial charge in [-0.2, -0.15) is 40.1 Å². The van der Waals surface area contributed by atoms with Crippen LogP contribution in [0.15, 0.2) is 169 Å². The average Bonchev–Trinajstić information content (AvgIpc) is 0.821. The van der Waals surface area contributed by atoms with Crippen molar-refractivity contribution in [1.82, 2.24) is 40.8 Å². The Morgan fingerprint density at radius 3 is 0.989 bits per heavy atom. The van der Waals surface area contributed by atoms with Gasteiger partial charge in [-0.3, -0.25) is 10.9 Å². The Bertz CT molecular complexity index is 3630. The number of aromatic carboxylic acids is 2. The number of carbonyl (C=O) groups is 2. The third-order valence-corrected chi connectivity index (χ3v) is 17.3. The van der Waals surface area contributed by atoms with Gasteiger partial charge in [0.05, 0.1) is 33.9 Å². The van der Waals surface area contributed by atoms with E-state index in [2.05, 4.69) is 119 Å². The van der Waals surface area contributed by atoms with Gasteiger partial charge in [-0.05, 0) is 85.4 Å². The van der Waals surface area contributed by atoms with E-state index in [0.29, 0.717) is 167 Å². The zero-order chi connectivity index (χ0) is 67.8. The van der Waals surface area contributed by atoms with E-state index < -0.39 is 11.9 Å². The zero-order valence-corrected chi connectivity index (χ0v) is 63.6. The number of hydrazone groups is 2. The molecular formula is C66H84Al4N16O8. The lowest BCUT2D eigenvalue weighted by Gasteiger charge is -2.28. The van der Waals surface area contributed by atoms with E-state index in [-0.39, 0.29) is 23.7 Å². The number of carboxylic acid groups (broad SMARTS) is 2. The molecule has 24 nitrogen and oxygen atoms in total. The molecule has 0 amide bonds. The van der Waals surface area contributed by atoms with Gasteiger partial charge in [0.1, 0.15) is 12.6 Å². The highest BCUT2D eigenvalue weighted by Gasteiger charge is 2.27. The number of likely N-dealkylation sites (N-methyl/N-ethyl adjacent to an activating group) is 6. The molecule has 6 aromatic rings. The molecule has 4 heterocycles. The summed E-state index contributed by atoms with van der Waals surface area (Å²) < 4.78 is 22.5. The molecule has 2 aliphatic rings. The summed E-state index contributed by atoms with van der Waals surface area (Å²) >= 11 is 2.39. The molecule has 0 saturated heterocycles. The number of benzene rings is 4. The molecule has 8 rings (SSSR count). The fourth-order valence-electron chi connectivity index (χ4n) is 10.5. The lowest BCUT2D eigenvalue weighted by Crippen LogP contribution is -2.32. The van der Waals surface area contributed by atoms with E-state index in [1.54, 1.807) is 48.5 Å². The van der Waals surface area contributed by atoms with Crippen LogP contribution in [0.1, 0.15) is 107 Å². The number of nitrogens with zero attached hydrogens (tertiary/aromatic N) is 14. The summed E-state index contributed by atoms with van der Waals surface area (Å²) in [6.07, 6.45) is 7.78. The van der Waals surface area contributed by atoms with Crippen LogP contribution >= 0.6 is 0 Å². The van der Waals surface area contributed by atoms with Crippen molar-refractivity contribution in [1.29, 1.82) is 0 Å². The molecule has 0 bridgehead atoms. The van der Waals surface area contributed by atoms with Crippen molar-refractivity contribution < 1.29 is 35.0 Å². The maximum absolute atomic E-state index is 11.5. The maximum atomic E-state index is 11.5. The second-order valence-corrected chi connectivity index (χ2v) is 23.6. The van der Waals surface area contributed by atoms with Crippen LogP contribution in [-0.2, 0) is 15.2 Å². The van der Waals surface area contributed by atoms with Gasteiger partial charge in [0.15, 0.2) is 0 Å². The summed E-state index contributed by atoms with van der Waals surface area (Å²) in [6.45, 7) is 30.0. The smallest absolute Gasteiger partial charge is 0.413 e. The summed E-state index contributed by atoms with van der Waals surface area (Å²) in [5.41, 5.74) is 18.0. The number of anilines is 6. The van der Waals surface area contributed by atoms with Gasteiger partial charge in [0, 0.05) is 104 Å². The van der Waals surface area contributed by atoms with Crippen LogP contribution in [0.5, 0.6) is 0 Å². The SMILES string of the molecule is C=CCN(CC)c1nc(N(C)CC2=C(c3ccc(C(=O)O)cc3)NN=C(c3ccc(C(=O)O)cc3)C2)nc(N(CC)CC=C)n1.C=CCN(CC)c1nc(N(C)CC2=C(c3ccc(C([O][AlH2])[O][AlH2])cc3)NN=C(c3ccc(C([O][AlH2])[O][AlH2])cc3)C2)nc(N(CC)CC=C)n1. The van der Waals surface area contributed by atoms with E-state index in [1.807, 2.05) is 66.9 Å². The first-order valence-corrected chi connectivity index (χ1v) is 34.3. The van der Waals surface area contributed by atoms with E-state index in [0.717, 1.165) is 80.4 Å². The van der Waals surface area contributed by atoms with Gasteiger partial charge < -0.3 is 54.8 Å². The molecule has 0 fully saturated rings. The summed E-state index contributed by atoms with van der Waals surface area (Å²) in [6, 6.07) is 29.7. The molecule has 0 unspecified atom stereocenters. The summed E-state index contributed by atoms with van der Waals surface area (Å²) in [5.74, 6) is 1.34. The van der Waals surface area contributed by atoms with Crippen molar-refractivity contribution >= 4 is 137 Å². The maximum Gasteiger partial charge on any atom is 0.413 e. The second-order valence-electron chi connectivity index (χ2n) is 21.8. The average molecular weight is 1340 g/mol. The van der Waals surface area contributed by atoms with E-state index >= 15 is 0 Å². The largest absolute Gasteiger partial charge is 0.483 e. The minimum Gasteiger partial charge on any atom is -0.483 e. The highest BCUT2D eigenvalue weighted by atomic mass is 27.1. The molecule has 488 valence electrons. The lowest BCUT2D eigenvalue weighted by atomic mass is 9.95. The fourth-order valence-corrected chi connectivity index (χ4v) is 13.1. The molecular weight excluding hydrogens is 1250 g/mol. The van der Waals surface area contributed by atoms with Gasteiger partial charge in [-0.1, -0.05) is 97.1 Å². The van der Waals surface area contributed by atoms with E-state index in [9.17, 15) is 19.8 Å². The first-order valence-electron chi connectivity index (χ1n) is 31.0. The Morgan fingerprint density at radius 2 is 0.723 bits per heavy atom. The van der Waals surface area contributed by atoms with Crippen molar-refractivity contribution in [2.24, 2.45) is 10.2 Å². The first kappa shape index (κ1) is 73.4. The number of aromatic nitrogens is 6. The molecule has 94 heavy (non-hydrogen) atoms. The number of hydrogen-bond acceptors (Lipinski definition) is 22. The summed E-state index contributed by atoms with van der Waals surface area (Å²) in [4.78, 5) is 64.3. The van der Waals surface area contributed by atoms with Crippen LogP contribution in [-0.4, -0.2) is 210 Å². The zero-order valence-electron chi connectivity index (χ0n) is 55.6. The van der Waals surface area contributed by atoms with Gasteiger partial charge in [0.2, 0.25) is 35.7 Å². The highest BCUT2D eigenvalue weighted by Crippen LogP contribution is 2.31. The standard InChI is InChI=1S/2C33H38N8O4.4Al.8H/c2*1-6-18-40(8-3)32-34-31(35-33(36-32)41(9-4)19-7-2)39(5)21-26-20-27(22-10-14-24(15-11-22)29(42)43)37-38-28(26)23-12-16-25(17-13-23)30(44)45;;;;;;;;;;;;/h6-7,10-17,38H,1-2,8-9,18-21H2,3-5H3,(H,42,43)(H,44,45);6-7,10-17,29-30,38H,1-2,8-9,18-21H2,3-5H3;;;;;;;;;;;;/q;-4;4*+1;;;;;;;;. The minimum absolute atomic E-state index is 0.182. The Kier molecular flexibility index (Phi) is 28.6. The Balaban J connectivity index is 0.000000267. The highest BCUT2D eigenvalue weighted by molar-refractivity contribution is 6.06. The van der Waals surface area contributed by atoms with Crippen molar-refractivity contribution in [2.75, 3.05) is 109 Å². The number of hydrogen-bond donors (Lipinski definition) is 4. The Morgan fingerprint density at radius 1 is 0.457 bits per heavy atom. The van der Waals surface area contributed by atoms with Gasteiger partial charge in [-0.15, -0.1) is 26.3 Å². The topological polar surface area (TPSA) is 257 Å². The molecule has 0 atom stereocenters. The predicted molar refractivity (Wildman–Crippen MR) is 385 cm³/mol. The van der Waals surface area contributed by atoms with Crippen molar-refractivity contribution in [3.63, 3.8) is 0 Å². The number of rotatable bonds is 34. The Hall–Kier alpha value is -8.01. The monoisotopic (exact) mass is 1340 g/mol. The Labute approximate surface area is 584 Å². The van der Waals surface area contributed by atoms with Gasteiger partial charge in [0.25, 0.3) is 0 Å². The third-order valence-electron chi connectivity index (χ3n) is 15.6. The number of carboxylic acids is 2. The van der Waals surface area contributed by atoms with Gasteiger partial charge in [-0.25, -0.2) is 9.59 Å². The quantitative estimate of drug-likeness (QED) is 0.0207. The van der Waals surface area contributed by atoms with Crippen molar-refractivity contribution in [3.05, 3.63) is 203 Å². The molecule has 4 N–H and O–H groups in total. The van der Waals surface area contributed by atoms with Crippen LogP contribution in [0.4, 0.5) is 35.7 Å². The van der Waals surface area contributed by atoms with Crippen molar-refractivity contribution in [2.45, 2.75) is 53.1 Å². The minimum atomic E-state index is -1.01.